The summed E-state index contributed by atoms with van der Waals surface area (Å²) in [5.41, 5.74) is 2.04. The zero-order valence-corrected chi connectivity index (χ0v) is 18.7. The maximum absolute atomic E-state index is 13.3. The molecule has 0 spiro atoms. The van der Waals surface area contributed by atoms with Crippen molar-refractivity contribution in [1.29, 1.82) is 0 Å². The highest BCUT2D eigenvalue weighted by atomic mass is 35.5. The monoisotopic (exact) mass is 463 g/mol. The molecule has 0 amide bonds. The van der Waals surface area contributed by atoms with Crippen molar-refractivity contribution in [3.63, 3.8) is 0 Å². The third-order valence-electron chi connectivity index (χ3n) is 4.72. The molecule has 0 unspecified atom stereocenters. The topological polar surface area (TPSA) is 73.2 Å². The van der Waals surface area contributed by atoms with Crippen LogP contribution in [-0.2, 0) is 22.6 Å². The van der Waals surface area contributed by atoms with E-state index in [4.69, 9.17) is 23.2 Å². The van der Waals surface area contributed by atoms with Gasteiger partial charge in [0.1, 0.15) is 0 Å². The van der Waals surface area contributed by atoms with E-state index in [1.165, 1.54) is 16.7 Å². The second kappa shape index (κ2) is 8.76. The Kier molecular flexibility index (Phi) is 6.50. The molecule has 1 heterocycles. The molecule has 3 rings (SSSR count). The van der Waals surface area contributed by atoms with E-state index < -0.39 is 9.84 Å². The van der Waals surface area contributed by atoms with Crippen LogP contribution in [0.25, 0.3) is 11.1 Å². The van der Waals surface area contributed by atoms with E-state index in [2.05, 4.69) is 0 Å². The molecule has 0 N–H and O–H groups in total. The molecule has 0 saturated carbocycles. The number of rotatable bonds is 6. The van der Waals surface area contributed by atoms with Crippen molar-refractivity contribution in [2.45, 2.75) is 12.7 Å². The number of benzene rings is 2. The quantitative estimate of drug-likeness (QED) is 0.503. The Balaban J connectivity index is 2.21. The Labute approximate surface area is 184 Å². The molecule has 2 aromatic carbocycles. The molecule has 0 atom stereocenters. The van der Waals surface area contributed by atoms with E-state index in [1.54, 1.807) is 56.6 Å². The summed E-state index contributed by atoms with van der Waals surface area (Å²) in [5, 5.41) is 0.630. The summed E-state index contributed by atoms with van der Waals surface area (Å²) in [4.78, 5) is 25.1. The number of halogens is 2. The zero-order valence-electron chi connectivity index (χ0n) is 16.4. The normalized spacial score (nSPS) is 11.5. The number of carbonyl (C=O) groups excluding carboxylic acids is 1. The first kappa shape index (κ1) is 22.3. The van der Waals surface area contributed by atoms with Crippen LogP contribution in [0.4, 0.5) is 0 Å². The zero-order chi connectivity index (χ0) is 22.1. The van der Waals surface area contributed by atoms with Crippen LogP contribution in [0.15, 0.2) is 59.5 Å². The summed E-state index contributed by atoms with van der Waals surface area (Å²) in [6.45, 7) is 1.59. The minimum absolute atomic E-state index is 0.0149. The van der Waals surface area contributed by atoms with E-state index in [1.807, 2.05) is 0 Å². The summed E-state index contributed by atoms with van der Waals surface area (Å²) in [6.07, 6.45) is 1.60. The third kappa shape index (κ3) is 4.83. The van der Waals surface area contributed by atoms with Gasteiger partial charge >= 0.3 is 0 Å². The van der Waals surface area contributed by atoms with Crippen molar-refractivity contribution in [3.05, 3.63) is 91.8 Å². The molecule has 0 fully saturated rings. The van der Waals surface area contributed by atoms with Crippen LogP contribution in [0, 0.1) is 0 Å². The maximum Gasteiger partial charge on any atom is 0.250 e. The Morgan fingerprint density at radius 1 is 1.00 bits per heavy atom. The fraction of sp³-hybridized carbons (Fsp3) is 0.182. The largest absolute Gasteiger partial charge is 0.318 e. The smallest absolute Gasteiger partial charge is 0.250 e. The molecule has 0 aliphatic carbocycles. The molecule has 8 heteroatoms. The molecule has 0 saturated heterocycles. The van der Waals surface area contributed by atoms with Gasteiger partial charge in [-0.3, -0.25) is 9.59 Å². The van der Waals surface area contributed by atoms with Crippen LogP contribution in [-0.4, -0.2) is 24.5 Å². The van der Waals surface area contributed by atoms with Crippen molar-refractivity contribution >= 4 is 38.8 Å². The van der Waals surface area contributed by atoms with Crippen LogP contribution in [0.1, 0.15) is 28.4 Å². The highest BCUT2D eigenvalue weighted by Crippen LogP contribution is 2.30. The molecule has 0 bridgehead atoms. The van der Waals surface area contributed by atoms with Gasteiger partial charge < -0.3 is 4.57 Å². The number of aryl methyl sites for hydroxylation is 1. The molecule has 0 radical (unpaired) electrons. The highest BCUT2D eigenvalue weighted by Gasteiger charge is 2.20. The van der Waals surface area contributed by atoms with Gasteiger partial charge in [0.05, 0.1) is 10.8 Å². The molecular formula is C22H19Cl2NO4S. The highest BCUT2D eigenvalue weighted by molar-refractivity contribution is 7.90. The first-order valence-corrected chi connectivity index (χ1v) is 11.7. The lowest BCUT2D eigenvalue weighted by Crippen LogP contribution is -2.15. The minimum Gasteiger partial charge on any atom is -0.318 e. The van der Waals surface area contributed by atoms with Crippen LogP contribution in [0.2, 0.25) is 10.0 Å². The number of carbonyl (C=O) groups is 1. The van der Waals surface area contributed by atoms with E-state index in [9.17, 15) is 18.0 Å². The first-order chi connectivity index (χ1) is 14.1. The molecule has 1 aromatic heterocycles. The Bertz CT molecular complexity index is 1300. The standard InChI is InChI=1S/C22H19Cl2NO4S/c1-3-30(28,29)13-14-4-7-17(22(27)19-11-16(23)6-8-20(19)24)18(10-14)15-5-9-21(26)25(2)12-15/h4-12H,3,13H2,1-2H3. The van der Waals surface area contributed by atoms with Crippen molar-refractivity contribution < 1.29 is 13.2 Å². The van der Waals surface area contributed by atoms with Crippen molar-refractivity contribution in [2.24, 2.45) is 7.05 Å². The second-order valence-electron chi connectivity index (χ2n) is 6.88. The number of nitrogens with zero attached hydrogens (tertiary/aromatic N) is 1. The van der Waals surface area contributed by atoms with Crippen LogP contribution in [0.5, 0.6) is 0 Å². The lowest BCUT2D eigenvalue weighted by molar-refractivity contribution is 0.103. The van der Waals surface area contributed by atoms with Gasteiger partial charge in [0, 0.05) is 41.2 Å². The molecule has 0 aliphatic heterocycles. The summed E-state index contributed by atoms with van der Waals surface area (Å²) in [7, 11) is -1.66. The number of pyridine rings is 1. The number of aromatic nitrogens is 1. The number of hydrogen-bond donors (Lipinski definition) is 0. The average molecular weight is 464 g/mol. The SMILES string of the molecule is CCS(=O)(=O)Cc1ccc(C(=O)c2cc(Cl)ccc2Cl)c(-c2ccc(=O)n(C)c2)c1. The van der Waals surface area contributed by atoms with Gasteiger partial charge in [-0.2, -0.15) is 0 Å². The predicted molar refractivity (Wildman–Crippen MR) is 120 cm³/mol. The average Bonchev–Trinajstić information content (AvgIpc) is 2.71. The fourth-order valence-electron chi connectivity index (χ4n) is 3.04. The Morgan fingerprint density at radius 2 is 1.73 bits per heavy atom. The third-order valence-corrected chi connectivity index (χ3v) is 6.94. The van der Waals surface area contributed by atoms with Crippen molar-refractivity contribution in [2.75, 3.05) is 5.75 Å². The van der Waals surface area contributed by atoms with E-state index >= 15 is 0 Å². The van der Waals surface area contributed by atoms with Gasteiger partial charge in [-0.1, -0.05) is 42.3 Å². The predicted octanol–water partition coefficient (Wildman–Crippen LogP) is 4.52. The van der Waals surface area contributed by atoms with Crippen molar-refractivity contribution in [1.82, 2.24) is 4.57 Å². The molecule has 156 valence electrons. The molecule has 30 heavy (non-hydrogen) atoms. The van der Waals surface area contributed by atoms with Crippen LogP contribution < -0.4 is 5.56 Å². The molecular weight excluding hydrogens is 445 g/mol. The molecule has 5 nitrogen and oxygen atoms in total. The van der Waals surface area contributed by atoms with Gasteiger partial charge in [0.2, 0.25) is 5.56 Å². The van der Waals surface area contributed by atoms with Crippen LogP contribution >= 0.6 is 23.2 Å². The van der Waals surface area contributed by atoms with Gasteiger partial charge in [-0.25, -0.2) is 8.42 Å². The summed E-state index contributed by atoms with van der Waals surface area (Å²) >= 11 is 12.3. The Hall–Kier alpha value is -2.41. The van der Waals surface area contributed by atoms with Gasteiger partial charge in [-0.05, 0) is 47.0 Å². The van der Waals surface area contributed by atoms with Crippen LogP contribution in [0.3, 0.4) is 0 Å². The van der Waals surface area contributed by atoms with Gasteiger partial charge in [0.15, 0.2) is 15.6 Å². The number of ketones is 1. The van der Waals surface area contributed by atoms with E-state index in [0.717, 1.165) is 0 Å². The molecule has 0 aliphatic rings. The van der Waals surface area contributed by atoms with Gasteiger partial charge in [0.25, 0.3) is 0 Å². The Morgan fingerprint density at radius 3 is 2.40 bits per heavy atom. The number of sulfone groups is 1. The summed E-state index contributed by atoms with van der Waals surface area (Å²) in [6, 6.07) is 12.5. The lowest BCUT2D eigenvalue weighted by atomic mass is 9.93. The fourth-order valence-corrected chi connectivity index (χ4v) is 4.31. The molecule has 3 aromatic rings. The van der Waals surface area contributed by atoms with E-state index in [-0.39, 0.29) is 33.4 Å². The summed E-state index contributed by atoms with van der Waals surface area (Å²) < 4.78 is 25.6. The lowest BCUT2D eigenvalue weighted by Gasteiger charge is -2.13. The second-order valence-corrected chi connectivity index (χ2v) is 10.1. The minimum atomic E-state index is -3.26. The van der Waals surface area contributed by atoms with Gasteiger partial charge in [-0.15, -0.1) is 0 Å². The number of hydrogen-bond acceptors (Lipinski definition) is 4. The van der Waals surface area contributed by atoms with Crippen molar-refractivity contribution in [3.8, 4) is 11.1 Å². The first-order valence-electron chi connectivity index (χ1n) is 9.11. The summed E-state index contributed by atoms with van der Waals surface area (Å²) in [5.74, 6) is -0.480. The maximum atomic E-state index is 13.3. The van der Waals surface area contributed by atoms with E-state index in [0.29, 0.717) is 27.3 Å².